The minimum absolute atomic E-state index is 0.0146. The van der Waals surface area contributed by atoms with Gasteiger partial charge in [0.2, 0.25) is 11.8 Å². The molecule has 4 rings (SSSR count). The van der Waals surface area contributed by atoms with Gasteiger partial charge in [0.1, 0.15) is 23.8 Å². The Morgan fingerprint density at radius 2 is 1.64 bits per heavy atom. The number of anilines is 1. The summed E-state index contributed by atoms with van der Waals surface area (Å²) in [5, 5.41) is 11.7. The number of hydrogen-bond donors (Lipinski definition) is 1. The Hall–Kier alpha value is -4.21. The summed E-state index contributed by atoms with van der Waals surface area (Å²) in [5.74, 6) is -0.243. The number of amides is 3. The molecule has 1 N–H and O–H groups in total. The topological polar surface area (TPSA) is 152 Å². The Morgan fingerprint density at radius 1 is 0.979 bits per heavy atom. The maximum Gasteiger partial charge on any atom is 0.252 e. The molecule has 47 heavy (non-hydrogen) atoms. The number of methoxy groups -OCH3 is 3. The summed E-state index contributed by atoms with van der Waals surface area (Å²) in [6.45, 7) is -0.909. The van der Waals surface area contributed by atoms with Crippen molar-refractivity contribution in [3.8, 4) is 17.2 Å². The van der Waals surface area contributed by atoms with Crippen LogP contribution < -0.4 is 19.3 Å². The number of hydrogen-bond acceptors (Lipinski definition) is 9. The standard InChI is InChI=1S/C32H37ClN4O9S/c1-44-27-9-7-25(8-10-27)37(41)30(38)16-26-19-34(18-23-14-28(45-2)17-29(15-23)46-3)31(39)21-36(26)32(40)20-35(47(42)43)12-11-22-5-4-6-24(33)13-22/h4-10,13-15,17,26,41H,11-12,16,18-21H2,1-3H3,(H,42,43)/p-1. The quantitative estimate of drug-likeness (QED) is 0.153. The second-order valence-electron chi connectivity index (χ2n) is 10.7. The Kier molecular flexibility index (Phi) is 12.6. The van der Waals surface area contributed by atoms with Gasteiger partial charge >= 0.3 is 0 Å². The lowest BCUT2D eigenvalue weighted by atomic mass is 10.1. The molecule has 2 unspecified atom stereocenters. The van der Waals surface area contributed by atoms with Crippen molar-refractivity contribution in [3.63, 3.8) is 0 Å². The summed E-state index contributed by atoms with van der Waals surface area (Å²) < 4.78 is 41.0. The molecule has 1 fully saturated rings. The molecule has 0 aliphatic carbocycles. The molecule has 1 heterocycles. The summed E-state index contributed by atoms with van der Waals surface area (Å²) in [7, 11) is 4.50. The van der Waals surface area contributed by atoms with E-state index < -0.39 is 48.1 Å². The Bertz CT molecular complexity index is 1570. The Morgan fingerprint density at radius 3 is 2.23 bits per heavy atom. The molecule has 0 saturated carbocycles. The van der Waals surface area contributed by atoms with Gasteiger partial charge in [-0.15, -0.1) is 0 Å². The number of rotatable bonds is 14. The van der Waals surface area contributed by atoms with E-state index in [4.69, 9.17) is 25.8 Å². The van der Waals surface area contributed by atoms with Crippen molar-refractivity contribution in [2.24, 2.45) is 0 Å². The van der Waals surface area contributed by atoms with Crippen LogP contribution in [0.25, 0.3) is 0 Å². The number of piperazine rings is 1. The van der Waals surface area contributed by atoms with E-state index >= 15 is 0 Å². The maximum atomic E-state index is 13.6. The fraction of sp³-hybridized carbons (Fsp3) is 0.344. The summed E-state index contributed by atoms with van der Waals surface area (Å²) in [5.41, 5.74) is 1.65. The summed E-state index contributed by atoms with van der Waals surface area (Å²) in [6, 6.07) is 17.4. The third kappa shape index (κ3) is 9.65. The second kappa shape index (κ2) is 16.6. The van der Waals surface area contributed by atoms with Crippen LogP contribution in [-0.4, -0.2) is 99.3 Å². The molecule has 0 aromatic heterocycles. The van der Waals surface area contributed by atoms with E-state index in [9.17, 15) is 28.4 Å². The van der Waals surface area contributed by atoms with Crippen LogP contribution in [-0.2, 0) is 38.6 Å². The summed E-state index contributed by atoms with van der Waals surface area (Å²) in [6.07, 6.45) is -0.0652. The third-order valence-electron chi connectivity index (χ3n) is 7.66. The predicted octanol–water partition coefficient (Wildman–Crippen LogP) is 3.06. The second-order valence-corrected chi connectivity index (χ2v) is 12.1. The van der Waals surface area contributed by atoms with Crippen molar-refractivity contribution in [1.29, 1.82) is 0 Å². The van der Waals surface area contributed by atoms with Crippen LogP contribution in [0.15, 0.2) is 66.7 Å². The Balaban J connectivity index is 1.55. The summed E-state index contributed by atoms with van der Waals surface area (Å²) in [4.78, 5) is 43.0. The van der Waals surface area contributed by atoms with E-state index in [1.807, 2.05) is 0 Å². The molecule has 15 heteroatoms. The van der Waals surface area contributed by atoms with Crippen LogP contribution in [0.2, 0.25) is 5.02 Å². The molecular weight excluding hydrogens is 652 g/mol. The molecule has 0 bridgehead atoms. The van der Waals surface area contributed by atoms with Gasteiger partial charge in [0.25, 0.3) is 5.91 Å². The van der Waals surface area contributed by atoms with Gasteiger partial charge < -0.3 is 28.6 Å². The molecular formula is C32H36ClN4O9S-. The highest BCUT2D eigenvalue weighted by Crippen LogP contribution is 2.26. The SMILES string of the molecule is COc1ccc(N(O)C(=O)CC2CN(Cc3cc(OC)cc(OC)c3)C(=O)CN2C(=O)CN(CCc2cccc(Cl)c2)S(=O)[O-])cc1. The number of halogens is 1. The highest BCUT2D eigenvalue weighted by Gasteiger charge is 2.37. The summed E-state index contributed by atoms with van der Waals surface area (Å²) >= 11 is 3.29. The predicted molar refractivity (Wildman–Crippen MR) is 173 cm³/mol. The first-order chi connectivity index (χ1) is 22.5. The normalized spacial score (nSPS) is 15.4. The van der Waals surface area contributed by atoms with Crippen LogP contribution >= 0.6 is 11.6 Å². The monoisotopic (exact) mass is 687 g/mol. The van der Waals surface area contributed by atoms with E-state index in [0.717, 1.165) is 9.87 Å². The molecule has 1 saturated heterocycles. The zero-order valence-electron chi connectivity index (χ0n) is 26.2. The van der Waals surface area contributed by atoms with E-state index in [-0.39, 0.29) is 31.7 Å². The largest absolute Gasteiger partial charge is 0.760 e. The minimum Gasteiger partial charge on any atom is -0.760 e. The van der Waals surface area contributed by atoms with Gasteiger partial charge in [-0.1, -0.05) is 23.7 Å². The maximum absolute atomic E-state index is 13.6. The third-order valence-corrected chi connectivity index (χ3v) is 8.63. The fourth-order valence-electron chi connectivity index (χ4n) is 5.18. The average Bonchev–Trinajstić information content (AvgIpc) is 3.07. The molecule has 1 aliphatic rings. The van der Waals surface area contributed by atoms with Gasteiger partial charge in [0.05, 0.1) is 46.0 Å². The highest BCUT2D eigenvalue weighted by atomic mass is 35.5. The van der Waals surface area contributed by atoms with Crippen LogP contribution in [0, 0.1) is 0 Å². The van der Waals surface area contributed by atoms with Gasteiger partial charge in [0.15, 0.2) is 0 Å². The average molecular weight is 688 g/mol. The molecule has 2 atom stereocenters. The highest BCUT2D eigenvalue weighted by molar-refractivity contribution is 7.76. The molecule has 3 amide bonds. The number of carbonyl (C=O) groups is 3. The van der Waals surface area contributed by atoms with Crippen molar-refractivity contribution in [2.45, 2.75) is 25.4 Å². The molecule has 252 valence electrons. The van der Waals surface area contributed by atoms with Crippen molar-refractivity contribution in [1.82, 2.24) is 14.1 Å². The molecule has 13 nitrogen and oxygen atoms in total. The van der Waals surface area contributed by atoms with Gasteiger partial charge in [-0.3, -0.25) is 23.8 Å². The molecule has 3 aromatic carbocycles. The zero-order valence-corrected chi connectivity index (χ0v) is 27.7. The lowest BCUT2D eigenvalue weighted by Crippen LogP contribution is -2.60. The first-order valence-electron chi connectivity index (χ1n) is 14.5. The Labute approximate surface area is 280 Å². The lowest BCUT2D eigenvalue weighted by Gasteiger charge is -2.42. The van der Waals surface area contributed by atoms with Crippen LogP contribution in [0.1, 0.15) is 17.5 Å². The van der Waals surface area contributed by atoms with Crippen LogP contribution in [0.5, 0.6) is 17.2 Å². The van der Waals surface area contributed by atoms with Gasteiger partial charge in [0, 0.05) is 42.0 Å². The number of nitrogens with zero attached hydrogens (tertiary/aromatic N) is 4. The number of hydroxylamine groups is 1. The van der Waals surface area contributed by atoms with E-state index in [1.54, 1.807) is 54.6 Å². The number of benzene rings is 3. The van der Waals surface area contributed by atoms with Crippen molar-refractivity contribution < 1.29 is 42.6 Å². The van der Waals surface area contributed by atoms with Crippen molar-refractivity contribution in [2.75, 3.05) is 52.6 Å². The molecule has 0 spiro atoms. The zero-order chi connectivity index (χ0) is 34.1. The van der Waals surface area contributed by atoms with Gasteiger partial charge in [-0.05, 0) is 66.1 Å². The molecule has 1 aliphatic heterocycles. The first kappa shape index (κ1) is 35.6. The number of ether oxygens (including phenoxy) is 3. The van der Waals surface area contributed by atoms with Crippen LogP contribution in [0.4, 0.5) is 5.69 Å². The fourth-order valence-corrected chi connectivity index (χ4v) is 5.85. The first-order valence-corrected chi connectivity index (χ1v) is 16.0. The van der Waals surface area contributed by atoms with Crippen LogP contribution in [0.3, 0.4) is 0 Å². The molecule has 0 radical (unpaired) electrons. The number of carbonyl (C=O) groups excluding carboxylic acids is 3. The van der Waals surface area contributed by atoms with Gasteiger partial charge in [-0.25, -0.2) is 4.31 Å². The smallest absolute Gasteiger partial charge is 0.252 e. The van der Waals surface area contributed by atoms with Crippen molar-refractivity contribution in [3.05, 3.63) is 82.9 Å². The van der Waals surface area contributed by atoms with Crippen molar-refractivity contribution >= 4 is 46.3 Å². The van der Waals surface area contributed by atoms with E-state index in [2.05, 4.69) is 0 Å². The van der Waals surface area contributed by atoms with E-state index in [1.165, 1.54) is 43.3 Å². The van der Waals surface area contributed by atoms with Gasteiger partial charge in [-0.2, -0.15) is 5.06 Å². The molecule has 3 aromatic rings. The van der Waals surface area contributed by atoms with E-state index in [0.29, 0.717) is 39.3 Å². The lowest BCUT2D eigenvalue weighted by molar-refractivity contribution is -0.151. The minimum atomic E-state index is -2.75.